The molecule has 0 bridgehead atoms. The molecule has 11 heavy (non-hydrogen) atoms. The van der Waals surface area contributed by atoms with Crippen LogP contribution in [0.4, 0.5) is 0 Å². The van der Waals surface area contributed by atoms with Gasteiger partial charge in [-0.3, -0.25) is 0 Å². The highest BCUT2D eigenvalue weighted by atomic mass is 32.2. The number of hydrogen-bond acceptors (Lipinski definition) is 2. The Morgan fingerprint density at radius 3 is 1.91 bits per heavy atom. The van der Waals surface area contributed by atoms with Gasteiger partial charge in [-0.05, 0) is 5.92 Å². The van der Waals surface area contributed by atoms with Gasteiger partial charge in [0.1, 0.15) is 0 Å². The molecule has 0 aromatic carbocycles. The summed E-state index contributed by atoms with van der Waals surface area (Å²) in [5.74, 6) is 0.393. The van der Waals surface area contributed by atoms with Gasteiger partial charge in [-0.1, -0.05) is 20.8 Å². The van der Waals surface area contributed by atoms with Crippen LogP contribution in [-0.2, 0) is 10.0 Å². The Labute approximate surface area is 69.4 Å². The third-order valence-corrected chi connectivity index (χ3v) is 2.74. The Balaban J connectivity index is 4.20. The molecule has 0 saturated carbocycles. The van der Waals surface area contributed by atoms with Gasteiger partial charge in [0.25, 0.3) is 0 Å². The van der Waals surface area contributed by atoms with E-state index in [-0.39, 0.29) is 0 Å². The lowest BCUT2D eigenvalue weighted by molar-refractivity contribution is 0.384. The summed E-state index contributed by atoms with van der Waals surface area (Å²) >= 11 is 0. The van der Waals surface area contributed by atoms with Crippen molar-refractivity contribution in [3.05, 3.63) is 0 Å². The van der Waals surface area contributed by atoms with Gasteiger partial charge in [0.05, 0.1) is 6.26 Å². The van der Waals surface area contributed by atoms with Crippen molar-refractivity contribution in [2.24, 2.45) is 5.92 Å². The van der Waals surface area contributed by atoms with E-state index in [1.165, 1.54) is 10.6 Å². The minimum atomic E-state index is -2.98. The maximum Gasteiger partial charge on any atom is 0.211 e. The maximum absolute atomic E-state index is 11.0. The first-order valence-corrected chi connectivity index (χ1v) is 5.67. The summed E-state index contributed by atoms with van der Waals surface area (Å²) in [4.78, 5) is 0. The molecule has 0 amide bonds. The van der Waals surface area contributed by atoms with E-state index in [2.05, 4.69) is 0 Å². The minimum Gasteiger partial charge on any atom is -0.213 e. The van der Waals surface area contributed by atoms with Crippen LogP contribution in [0.1, 0.15) is 20.8 Å². The van der Waals surface area contributed by atoms with Crippen LogP contribution < -0.4 is 0 Å². The van der Waals surface area contributed by atoms with E-state index in [1.54, 1.807) is 0 Å². The molecule has 0 aromatic rings. The highest BCUT2D eigenvalue weighted by molar-refractivity contribution is 7.88. The van der Waals surface area contributed by atoms with Gasteiger partial charge in [-0.25, -0.2) is 12.7 Å². The minimum absolute atomic E-state index is 0.393. The third kappa shape index (κ3) is 4.37. The highest BCUT2D eigenvalue weighted by Crippen LogP contribution is 2.02. The van der Waals surface area contributed by atoms with Crippen molar-refractivity contribution >= 4 is 10.0 Å². The molecule has 3 nitrogen and oxygen atoms in total. The molecule has 4 heteroatoms. The second-order valence-corrected chi connectivity index (χ2v) is 5.09. The fourth-order valence-corrected chi connectivity index (χ4v) is 1.94. The molecular formula is C7H17NO2S. The standard InChI is InChI=1S/C7H17NO2S/c1-5-8(6-7(2)3)11(4,9)10/h7H,5-6H2,1-4H3. The summed E-state index contributed by atoms with van der Waals surface area (Å²) in [6.07, 6.45) is 1.25. The number of nitrogens with zero attached hydrogens (tertiary/aromatic N) is 1. The van der Waals surface area contributed by atoms with Crippen molar-refractivity contribution in [3.8, 4) is 0 Å². The molecule has 0 aliphatic heterocycles. The van der Waals surface area contributed by atoms with Gasteiger partial charge in [0, 0.05) is 13.1 Å². The zero-order valence-electron chi connectivity index (χ0n) is 7.66. The first-order chi connectivity index (χ1) is 4.88. The quantitative estimate of drug-likeness (QED) is 0.643. The molecular weight excluding hydrogens is 162 g/mol. The number of sulfonamides is 1. The van der Waals surface area contributed by atoms with Crippen molar-refractivity contribution in [1.29, 1.82) is 0 Å². The molecule has 0 unspecified atom stereocenters. The van der Waals surface area contributed by atoms with Crippen LogP contribution in [0.3, 0.4) is 0 Å². The van der Waals surface area contributed by atoms with Crippen LogP contribution in [0.5, 0.6) is 0 Å². The molecule has 0 aliphatic carbocycles. The van der Waals surface area contributed by atoms with Gasteiger partial charge < -0.3 is 0 Å². The van der Waals surface area contributed by atoms with Gasteiger partial charge in [-0.15, -0.1) is 0 Å². The number of rotatable bonds is 4. The van der Waals surface area contributed by atoms with E-state index in [0.717, 1.165) is 0 Å². The van der Waals surface area contributed by atoms with E-state index >= 15 is 0 Å². The lowest BCUT2D eigenvalue weighted by Crippen LogP contribution is -2.32. The Morgan fingerprint density at radius 2 is 1.82 bits per heavy atom. The third-order valence-electron chi connectivity index (χ3n) is 1.39. The van der Waals surface area contributed by atoms with Crippen LogP contribution >= 0.6 is 0 Å². The van der Waals surface area contributed by atoms with Crippen molar-refractivity contribution in [2.45, 2.75) is 20.8 Å². The second kappa shape index (κ2) is 4.07. The zero-order chi connectivity index (χ0) is 9.07. The average Bonchev–Trinajstić information content (AvgIpc) is 1.79. The van der Waals surface area contributed by atoms with E-state index in [4.69, 9.17) is 0 Å². The molecule has 0 aromatic heterocycles. The Morgan fingerprint density at radius 1 is 1.36 bits per heavy atom. The lowest BCUT2D eigenvalue weighted by Gasteiger charge is -2.19. The predicted octanol–water partition coefficient (Wildman–Crippen LogP) is 0.924. The van der Waals surface area contributed by atoms with Crippen LogP contribution in [0, 0.1) is 5.92 Å². The topological polar surface area (TPSA) is 37.4 Å². The van der Waals surface area contributed by atoms with Crippen LogP contribution in [0.2, 0.25) is 0 Å². The smallest absolute Gasteiger partial charge is 0.211 e. The molecule has 0 fully saturated rings. The molecule has 0 spiro atoms. The van der Waals surface area contributed by atoms with Crippen LogP contribution in [0.25, 0.3) is 0 Å². The van der Waals surface area contributed by atoms with Crippen LogP contribution in [0.15, 0.2) is 0 Å². The average molecular weight is 179 g/mol. The van der Waals surface area contributed by atoms with Gasteiger partial charge in [-0.2, -0.15) is 0 Å². The van der Waals surface area contributed by atoms with E-state index in [0.29, 0.717) is 19.0 Å². The summed E-state index contributed by atoms with van der Waals surface area (Å²) in [6, 6.07) is 0. The molecule has 0 rings (SSSR count). The summed E-state index contributed by atoms with van der Waals surface area (Å²) < 4.78 is 23.5. The molecule has 0 aliphatic rings. The van der Waals surface area contributed by atoms with Crippen LogP contribution in [-0.4, -0.2) is 32.1 Å². The van der Waals surface area contributed by atoms with Crippen molar-refractivity contribution in [3.63, 3.8) is 0 Å². The Bertz CT molecular complexity index is 196. The predicted molar refractivity (Wildman–Crippen MR) is 46.9 cm³/mol. The highest BCUT2D eigenvalue weighted by Gasteiger charge is 2.14. The van der Waals surface area contributed by atoms with E-state index in [9.17, 15) is 8.42 Å². The van der Waals surface area contributed by atoms with Crippen molar-refractivity contribution in [1.82, 2.24) is 4.31 Å². The van der Waals surface area contributed by atoms with Gasteiger partial charge in [0.2, 0.25) is 10.0 Å². The maximum atomic E-state index is 11.0. The van der Waals surface area contributed by atoms with Gasteiger partial charge in [0.15, 0.2) is 0 Å². The fraction of sp³-hybridized carbons (Fsp3) is 1.00. The van der Waals surface area contributed by atoms with E-state index < -0.39 is 10.0 Å². The lowest BCUT2D eigenvalue weighted by atomic mass is 10.2. The van der Waals surface area contributed by atoms with E-state index in [1.807, 2.05) is 20.8 Å². The zero-order valence-corrected chi connectivity index (χ0v) is 8.48. The molecule has 0 N–H and O–H groups in total. The van der Waals surface area contributed by atoms with Crippen molar-refractivity contribution in [2.75, 3.05) is 19.3 Å². The second-order valence-electron chi connectivity index (χ2n) is 3.11. The summed E-state index contributed by atoms with van der Waals surface area (Å²) in [5.41, 5.74) is 0. The summed E-state index contributed by atoms with van der Waals surface area (Å²) in [7, 11) is -2.98. The SMILES string of the molecule is CCN(CC(C)C)S(C)(=O)=O. The molecule has 0 saturated heterocycles. The number of hydrogen-bond donors (Lipinski definition) is 0. The largest absolute Gasteiger partial charge is 0.213 e. The molecule has 0 atom stereocenters. The Kier molecular flexibility index (Phi) is 4.03. The molecule has 0 heterocycles. The Hall–Kier alpha value is -0.0900. The molecule has 68 valence electrons. The van der Waals surface area contributed by atoms with Crippen molar-refractivity contribution < 1.29 is 8.42 Å². The molecule has 0 radical (unpaired) electrons. The summed E-state index contributed by atoms with van der Waals surface area (Å²) in [5, 5.41) is 0. The summed E-state index contributed by atoms with van der Waals surface area (Å²) in [6.45, 7) is 7.05. The normalized spacial score (nSPS) is 12.9. The fourth-order valence-electron chi connectivity index (χ4n) is 0.906. The van der Waals surface area contributed by atoms with Gasteiger partial charge >= 0.3 is 0 Å². The monoisotopic (exact) mass is 179 g/mol. The first-order valence-electron chi connectivity index (χ1n) is 3.83. The first kappa shape index (κ1) is 10.9.